The van der Waals surface area contributed by atoms with Gasteiger partial charge in [0.25, 0.3) is 5.78 Å². The van der Waals surface area contributed by atoms with Crippen molar-refractivity contribution in [3.63, 3.8) is 0 Å². The minimum Gasteiger partial charge on any atom is -0.486 e. The summed E-state index contributed by atoms with van der Waals surface area (Å²) in [6.45, 7) is 4.37. The highest BCUT2D eigenvalue weighted by Crippen LogP contribution is 2.42. The molecule has 3 aliphatic heterocycles. The van der Waals surface area contributed by atoms with Gasteiger partial charge in [0.05, 0.1) is 17.9 Å². The quantitative estimate of drug-likeness (QED) is 0.762. The van der Waals surface area contributed by atoms with Crippen LogP contribution in [0.15, 0.2) is 23.6 Å². The molecule has 27 heavy (non-hydrogen) atoms. The van der Waals surface area contributed by atoms with E-state index in [1.165, 1.54) is 10.4 Å². The lowest BCUT2D eigenvalue weighted by Crippen LogP contribution is -2.45. The number of hydrogen-bond donors (Lipinski definition) is 0. The van der Waals surface area contributed by atoms with Gasteiger partial charge in [-0.25, -0.2) is 0 Å². The second-order valence-electron chi connectivity index (χ2n) is 7.00. The van der Waals surface area contributed by atoms with Crippen LogP contribution in [0, 0.1) is 0 Å². The van der Waals surface area contributed by atoms with E-state index in [9.17, 15) is 9.59 Å². The van der Waals surface area contributed by atoms with E-state index in [1.807, 2.05) is 0 Å². The normalized spacial score (nSPS) is 21.4. The number of hydrogen-bond acceptors (Lipinski definition) is 6. The third kappa shape index (κ3) is 2.56. The van der Waals surface area contributed by atoms with Crippen molar-refractivity contribution in [3.8, 4) is 11.5 Å². The number of ether oxygens (including phenoxy) is 2. The maximum absolute atomic E-state index is 12.7. The van der Waals surface area contributed by atoms with E-state index in [4.69, 9.17) is 9.47 Å². The van der Waals surface area contributed by atoms with E-state index in [0.29, 0.717) is 42.6 Å². The van der Waals surface area contributed by atoms with Gasteiger partial charge in [0, 0.05) is 23.5 Å². The van der Waals surface area contributed by atoms with E-state index in [-0.39, 0.29) is 6.04 Å². The van der Waals surface area contributed by atoms with Crippen LogP contribution in [0.3, 0.4) is 0 Å². The Morgan fingerprint density at radius 1 is 1.19 bits per heavy atom. The average molecular weight is 384 g/mol. The lowest BCUT2D eigenvalue weighted by atomic mass is 9.98. The Morgan fingerprint density at radius 3 is 2.74 bits per heavy atom. The summed E-state index contributed by atoms with van der Waals surface area (Å²) >= 11 is 1.80. The smallest absolute Gasteiger partial charge is 0.300 e. The summed E-state index contributed by atoms with van der Waals surface area (Å²) in [7, 11) is 0. The van der Waals surface area contributed by atoms with Gasteiger partial charge in [-0.15, -0.1) is 11.3 Å². The van der Waals surface area contributed by atoms with Crippen LogP contribution in [0.5, 0.6) is 11.5 Å². The number of thiophene rings is 1. The van der Waals surface area contributed by atoms with Crippen LogP contribution in [-0.2, 0) is 11.2 Å². The maximum atomic E-state index is 12.7. The van der Waals surface area contributed by atoms with Gasteiger partial charge in [-0.2, -0.15) is 0 Å². The fourth-order valence-corrected chi connectivity index (χ4v) is 5.18. The molecule has 7 heteroatoms. The van der Waals surface area contributed by atoms with Crippen LogP contribution in [-0.4, -0.2) is 43.0 Å². The molecule has 0 aliphatic carbocycles. The molecule has 3 aliphatic rings. The van der Waals surface area contributed by atoms with Crippen molar-refractivity contribution >= 4 is 28.7 Å². The molecule has 5 rings (SSSR count). The monoisotopic (exact) mass is 384 g/mol. The molecule has 0 unspecified atom stereocenters. The van der Waals surface area contributed by atoms with E-state index >= 15 is 0 Å². The van der Waals surface area contributed by atoms with Crippen molar-refractivity contribution in [2.24, 2.45) is 0 Å². The summed E-state index contributed by atoms with van der Waals surface area (Å²) in [5.74, 6) is 0.190. The van der Waals surface area contributed by atoms with Crippen molar-refractivity contribution in [1.82, 2.24) is 4.90 Å². The Morgan fingerprint density at radius 2 is 1.96 bits per heavy atom. The summed E-state index contributed by atoms with van der Waals surface area (Å²) in [5.41, 5.74) is 2.39. The lowest BCUT2D eigenvalue weighted by Gasteiger charge is -2.37. The highest BCUT2D eigenvalue weighted by molar-refractivity contribution is 7.10. The zero-order valence-corrected chi connectivity index (χ0v) is 15.9. The van der Waals surface area contributed by atoms with Crippen LogP contribution in [0.4, 0.5) is 5.69 Å². The molecule has 6 nitrogen and oxygen atoms in total. The fraction of sp³-hybridized carbons (Fsp3) is 0.400. The first-order valence-electron chi connectivity index (χ1n) is 9.27. The maximum Gasteiger partial charge on any atom is 0.300 e. The average Bonchev–Trinajstić information content (AvgIpc) is 3.25. The van der Waals surface area contributed by atoms with Gasteiger partial charge in [-0.05, 0) is 35.9 Å². The van der Waals surface area contributed by atoms with Crippen molar-refractivity contribution in [2.45, 2.75) is 25.8 Å². The summed E-state index contributed by atoms with van der Waals surface area (Å²) in [6, 6.07) is 5.87. The number of carbonyl (C=O) groups is 2. The number of rotatable bonds is 3. The van der Waals surface area contributed by atoms with Gasteiger partial charge in [0.2, 0.25) is 0 Å². The Bertz CT molecular complexity index is 938. The Kier molecular flexibility index (Phi) is 3.94. The molecule has 0 fully saturated rings. The largest absolute Gasteiger partial charge is 0.486 e. The molecule has 0 saturated carbocycles. The first-order chi connectivity index (χ1) is 13.2. The number of anilines is 1. The number of Topliss-reactive ketones (excluding diaryl/α,β-unsaturated/α-hetero) is 1. The van der Waals surface area contributed by atoms with Gasteiger partial charge >= 0.3 is 5.91 Å². The molecule has 1 aromatic heterocycles. The molecule has 0 N–H and O–H groups in total. The molecule has 0 radical (unpaired) electrons. The van der Waals surface area contributed by atoms with Gasteiger partial charge < -0.3 is 9.47 Å². The van der Waals surface area contributed by atoms with E-state index in [1.54, 1.807) is 28.4 Å². The molecule has 1 amide bonds. The van der Waals surface area contributed by atoms with Gasteiger partial charge in [-0.1, -0.05) is 6.92 Å². The molecular formula is C20H20N2O4S. The minimum absolute atomic E-state index is 0.268. The van der Waals surface area contributed by atoms with Crippen LogP contribution in [0.2, 0.25) is 0 Å². The van der Waals surface area contributed by atoms with Crippen molar-refractivity contribution in [3.05, 3.63) is 39.6 Å². The molecular weight excluding hydrogens is 364 g/mol. The first-order valence-corrected chi connectivity index (χ1v) is 10.2. The van der Waals surface area contributed by atoms with Gasteiger partial charge in [0.1, 0.15) is 13.2 Å². The number of benzene rings is 1. The van der Waals surface area contributed by atoms with E-state index in [2.05, 4.69) is 23.3 Å². The second kappa shape index (κ2) is 6.35. The summed E-state index contributed by atoms with van der Waals surface area (Å²) in [6.07, 6.45) is 1.95. The number of fused-ring (bicyclic) bond motifs is 3. The number of amides is 1. The van der Waals surface area contributed by atoms with Crippen LogP contribution < -0.4 is 14.4 Å². The number of nitrogens with zero attached hydrogens (tertiary/aromatic N) is 2. The van der Waals surface area contributed by atoms with Crippen LogP contribution in [0.1, 0.15) is 40.2 Å². The first kappa shape index (κ1) is 16.8. The zero-order valence-electron chi connectivity index (χ0n) is 15.1. The van der Waals surface area contributed by atoms with Gasteiger partial charge in [0.15, 0.2) is 11.5 Å². The standard InChI is InChI=1S/C20H20N2O4S/c1-2-14-12-4-8-27-18(12)3-5-21(14)11-22-15-10-17-16(25-6-7-26-17)9-13(15)19(23)20(22)24/h4,8-10,14H,2-3,5-7,11H2,1H3/t14-/m1/s1. The van der Waals surface area contributed by atoms with E-state index in [0.717, 1.165) is 19.4 Å². The highest BCUT2D eigenvalue weighted by atomic mass is 32.1. The van der Waals surface area contributed by atoms with Gasteiger partial charge in [-0.3, -0.25) is 19.4 Å². The topological polar surface area (TPSA) is 59.1 Å². The molecule has 0 bridgehead atoms. The fourth-order valence-electron chi connectivity index (χ4n) is 4.25. The van der Waals surface area contributed by atoms with Crippen molar-refractivity contribution in [1.29, 1.82) is 0 Å². The van der Waals surface area contributed by atoms with Crippen LogP contribution >= 0.6 is 11.3 Å². The zero-order chi connectivity index (χ0) is 18.5. The molecule has 0 spiro atoms. The molecule has 2 aromatic rings. The number of carbonyl (C=O) groups excluding carboxylic acids is 2. The summed E-state index contributed by atoms with van der Waals surface area (Å²) in [5, 5.41) is 2.14. The Balaban J connectivity index is 1.48. The second-order valence-corrected chi connectivity index (χ2v) is 8.00. The van der Waals surface area contributed by atoms with Crippen molar-refractivity contribution in [2.75, 3.05) is 31.3 Å². The SMILES string of the molecule is CC[C@@H]1c2ccsc2CCN1CN1C(=O)C(=O)c2cc3c(cc21)OCCO3. The molecule has 1 atom stereocenters. The molecule has 1 aromatic carbocycles. The Hall–Kier alpha value is -2.38. The molecule has 0 saturated heterocycles. The third-order valence-electron chi connectivity index (χ3n) is 5.55. The predicted molar refractivity (Wildman–Crippen MR) is 102 cm³/mol. The van der Waals surface area contributed by atoms with E-state index < -0.39 is 11.7 Å². The van der Waals surface area contributed by atoms with Crippen LogP contribution in [0.25, 0.3) is 0 Å². The molecule has 140 valence electrons. The Labute approximate surface area is 161 Å². The lowest BCUT2D eigenvalue weighted by molar-refractivity contribution is -0.114. The summed E-state index contributed by atoms with van der Waals surface area (Å²) in [4.78, 5) is 30.6. The highest BCUT2D eigenvalue weighted by Gasteiger charge is 2.40. The third-order valence-corrected chi connectivity index (χ3v) is 6.55. The molecule has 4 heterocycles. The summed E-state index contributed by atoms with van der Waals surface area (Å²) < 4.78 is 11.2. The van der Waals surface area contributed by atoms with Crippen molar-refractivity contribution < 1.29 is 19.1 Å². The number of ketones is 1. The predicted octanol–water partition coefficient (Wildman–Crippen LogP) is 3.02. The minimum atomic E-state index is -0.474.